The topological polar surface area (TPSA) is 67.4 Å². The largest absolute Gasteiger partial charge is 0.522 e. The van der Waals surface area contributed by atoms with Gasteiger partial charge in [-0.1, -0.05) is 23.7 Å². The minimum absolute atomic E-state index is 0.0229. The molecule has 29 heavy (non-hydrogen) atoms. The number of hydrogen-bond acceptors (Lipinski definition) is 5. The van der Waals surface area contributed by atoms with E-state index in [1.54, 1.807) is 24.3 Å². The molecule has 1 saturated heterocycles. The zero-order valence-electron chi connectivity index (χ0n) is 15.4. The molecule has 0 saturated carbocycles. The molecular formula is C18H17ClF4N4O2. The number of anilines is 1. The summed E-state index contributed by atoms with van der Waals surface area (Å²) in [7, 11) is 0. The summed E-state index contributed by atoms with van der Waals surface area (Å²) in [5.41, 5.74) is 0.495. The lowest BCUT2D eigenvalue weighted by Crippen LogP contribution is -2.65. The first kappa shape index (κ1) is 21.3. The van der Waals surface area contributed by atoms with Crippen molar-refractivity contribution >= 4 is 23.3 Å². The molecule has 3 atom stereocenters. The van der Waals surface area contributed by atoms with Gasteiger partial charge in [-0.15, -0.1) is 13.2 Å². The molecule has 0 aliphatic carbocycles. The second-order valence-corrected chi connectivity index (χ2v) is 7.03. The summed E-state index contributed by atoms with van der Waals surface area (Å²) in [4.78, 5) is 21.5. The minimum Gasteiger partial charge on any atom is -0.356 e. The maximum atomic E-state index is 14.8. The van der Waals surface area contributed by atoms with Gasteiger partial charge in [-0.2, -0.15) is 0 Å². The second kappa shape index (κ2) is 8.11. The lowest BCUT2D eigenvalue weighted by atomic mass is 10.00. The van der Waals surface area contributed by atoms with Gasteiger partial charge >= 0.3 is 6.36 Å². The lowest BCUT2D eigenvalue weighted by molar-refractivity contribution is -0.359. The predicted molar refractivity (Wildman–Crippen MR) is 97.6 cm³/mol. The van der Waals surface area contributed by atoms with Crippen LogP contribution in [0.25, 0.3) is 11.3 Å². The van der Waals surface area contributed by atoms with Crippen LogP contribution in [0, 0.1) is 5.82 Å². The Morgan fingerprint density at radius 1 is 1.31 bits per heavy atom. The molecule has 0 spiro atoms. The van der Waals surface area contributed by atoms with E-state index < -0.39 is 36.3 Å². The van der Waals surface area contributed by atoms with Crippen LogP contribution in [0.1, 0.15) is 13.8 Å². The summed E-state index contributed by atoms with van der Waals surface area (Å²) in [5, 5.41) is 3.14. The van der Waals surface area contributed by atoms with Gasteiger partial charge in [0, 0.05) is 17.1 Å². The molecule has 0 radical (unpaired) electrons. The second-order valence-electron chi connectivity index (χ2n) is 6.59. The predicted octanol–water partition coefficient (Wildman–Crippen LogP) is 3.87. The van der Waals surface area contributed by atoms with Crippen molar-refractivity contribution in [2.75, 3.05) is 11.9 Å². The van der Waals surface area contributed by atoms with Crippen LogP contribution in [-0.2, 0) is 9.53 Å². The van der Waals surface area contributed by atoms with Crippen molar-refractivity contribution in [3.63, 3.8) is 0 Å². The fourth-order valence-corrected chi connectivity index (χ4v) is 3.09. The summed E-state index contributed by atoms with van der Waals surface area (Å²) < 4.78 is 55.7. The maximum absolute atomic E-state index is 14.8. The Labute approximate surface area is 168 Å². The molecule has 1 fully saturated rings. The van der Waals surface area contributed by atoms with Crippen LogP contribution in [0.2, 0.25) is 5.02 Å². The third kappa shape index (κ3) is 4.76. The highest BCUT2D eigenvalue weighted by Crippen LogP contribution is 2.30. The number of likely N-dealkylation sites (tertiary alicyclic amines) is 1. The summed E-state index contributed by atoms with van der Waals surface area (Å²) in [6.45, 7) is 2.72. The maximum Gasteiger partial charge on any atom is 0.522 e. The fourth-order valence-electron chi connectivity index (χ4n) is 2.97. The summed E-state index contributed by atoms with van der Waals surface area (Å²) in [6.07, 6.45) is -4.75. The van der Waals surface area contributed by atoms with E-state index in [2.05, 4.69) is 20.0 Å². The number of carbonyl (C=O) groups is 1. The average Bonchev–Trinajstić information content (AvgIpc) is 2.65. The number of ether oxygens (including phenoxy) is 1. The number of nitrogens with one attached hydrogen (secondary N) is 1. The zero-order chi connectivity index (χ0) is 21.3. The highest BCUT2D eigenvalue weighted by atomic mass is 35.5. The summed E-state index contributed by atoms with van der Waals surface area (Å²) in [6, 6.07) is 4.67. The van der Waals surface area contributed by atoms with Gasteiger partial charge in [-0.25, -0.2) is 14.4 Å². The number of hydrogen-bond donors (Lipinski definition) is 1. The highest BCUT2D eigenvalue weighted by molar-refractivity contribution is 6.30. The van der Waals surface area contributed by atoms with Crippen molar-refractivity contribution in [2.24, 2.45) is 0 Å². The Kier molecular flexibility index (Phi) is 5.95. The Morgan fingerprint density at radius 3 is 2.55 bits per heavy atom. The van der Waals surface area contributed by atoms with Gasteiger partial charge in [0.15, 0.2) is 11.6 Å². The number of amides is 1. The number of carbonyl (C=O) groups excluding carboxylic acids is 1. The molecule has 11 heteroatoms. The van der Waals surface area contributed by atoms with E-state index in [0.717, 1.165) is 6.33 Å². The van der Waals surface area contributed by atoms with E-state index in [-0.39, 0.29) is 18.1 Å². The first-order valence-electron chi connectivity index (χ1n) is 8.65. The Hall–Kier alpha value is -2.46. The van der Waals surface area contributed by atoms with Gasteiger partial charge in [-0.05, 0) is 26.0 Å². The van der Waals surface area contributed by atoms with E-state index in [9.17, 15) is 22.4 Å². The molecule has 0 bridgehead atoms. The number of alkyl halides is 3. The van der Waals surface area contributed by atoms with E-state index >= 15 is 0 Å². The molecule has 1 amide bonds. The van der Waals surface area contributed by atoms with E-state index in [4.69, 9.17) is 11.6 Å². The smallest absolute Gasteiger partial charge is 0.356 e. The van der Waals surface area contributed by atoms with E-state index in [1.807, 2.05) is 0 Å². The van der Waals surface area contributed by atoms with Crippen molar-refractivity contribution in [1.82, 2.24) is 14.9 Å². The Morgan fingerprint density at radius 2 is 1.97 bits per heavy atom. The molecule has 1 aromatic heterocycles. The lowest BCUT2D eigenvalue weighted by Gasteiger charge is -2.46. The van der Waals surface area contributed by atoms with Crippen LogP contribution in [0.4, 0.5) is 23.4 Å². The number of nitrogens with zero attached hydrogens (tertiary/aromatic N) is 3. The van der Waals surface area contributed by atoms with E-state index in [1.165, 1.54) is 18.7 Å². The third-order valence-electron chi connectivity index (χ3n) is 4.61. The zero-order valence-corrected chi connectivity index (χ0v) is 16.1. The van der Waals surface area contributed by atoms with Gasteiger partial charge in [0.25, 0.3) is 0 Å². The summed E-state index contributed by atoms with van der Waals surface area (Å²) in [5.74, 6) is -1.45. The van der Waals surface area contributed by atoms with Crippen molar-refractivity contribution in [3.05, 3.63) is 41.4 Å². The molecule has 1 N–H and O–H groups in total. The molecule has 1 aromatic carbocycles. The normalized spacial score (nSPS) is 20.2. The van der Waals surface area contributed by atoms with Crippen LogP contribution in [0.3, 0.4) is 0 Å². The number of aromatic nitrogens is 2. The van der Waals surface area contributed by atoms with Crippen LogP contribution < -0.4 is 5.32 Å². The van der Waals surface area contributed by atoms with Gasteiger partial charge in [0.05, 0.1) is 6.04 Å². The molecule has 0 unspecified atom stereocenters. The SMILES string of the molecule is C[C@@H](Nc1ncnc(-c2ccc(Cl)cc2)c1F)C(=O)N1C[C@H](OC(F)(F)F)[C@@H]1C. The van der Waals surface area contributed by atoms with Crippen LogP contribution in [-0.4, -0.2) is 51.9 Å². The van der Waals surface area contributed by atoms with Crippen LogP contribution in [0.5, 0.6) is 0 Å². The highest BCUT2D eigenvalue weighted by Gasteiger charge is 2.46. The van der Waals surface area contributed by atoms with E-state index in [0.29, 0.717) is 10.6 Å². The summed E-state index contributed by atoms with van der Waals surface area (Å²) >= 11 is 5.83. The van der Waals surface area contributed by atoms with Gasteiger partial charge in [0.1, 0.15) is 24.2 Å². The number of benzene rings is 1. The number of rotatable bonds is 5. The average molecular weight is 433 g/mol. The molecule has 156 valence electrons. The van der Waals surface area contributed by atoms with Gasteiger partial charge in [-0.3, -0.25) is 9.53 Å². The fraction of sp³-hybridized carbons (Fsp3) is 0.389. The van der Waals surface area contributed by atoms with Crippen molar-refractivity contribution in [3.8, 4) is 11.3 Å². The quantitative estimate of drug-likeness (QED) is 0.726. The Balaban J connectivity index is 1.68. The van der Waals surface area contributed by atoms with Gasteiger partial charge in [0.2, 0.25) is 5.91 Å². The first-order valence-corrected chi connectivity index (χ1v) is 9.02. The molecule has 2 aromatic rings. The third-order valence-corrected chi connectivity index (χ3v) is 4.86. The number of halogens is 5. The van der Waals surface area contributed by atoms with Crippen molar-refractivity contribution < 1.29 is 27.1 Å². The van der Waals surface area contributed by atoms with Crippen LogP contribution in [0.15, 0.2) is 30.6 Å². The molecule has 2 heterocycles. The molecular weight excluding hydrogens is 416 g/mol. The molecule has 6 nitrogen and oxygen atoms in total. The monoisotopic (exact) mass is 432 g/mol. The van der Waals surface area contributed by atoms with Crippen molar-refractivity contribution in [1.29, 1.82) is 0 Å². The van der Waals surface area contributed by atoms with Crippen LogP contribution >= 0.6 is 11.6 Å². The molecule has 3 rings (SSSR count). The van der Waals surface area contributed by atoms with Gasteiger partial charge < -0.3 is 10.2 Å². The standard InChI is InChI=1S/C18H17ClF4N4O2/c1-9(17(28)27-7-13(10(27)2)29-18(21,22)23)26-16-14(20)15(24-8-25-16)11-3-5-12(19)6-4-11/h3-6,8-10,13H,7H2,1-2H3,(H,24,25,26)/t9-,10+,13+/m1/s1. The minimum atomic E-state index is -4.76. The molecule has 1 aliphatic rings. The van der Waals surface area contributed by atoms with Crippen molar-refractivity contribution in [2.45, 2.75) is 38.4 Å². The Bertz CT molecular complexity index is 894. The molecule has 1 aliphatic heterocycles. The first-order chi connectivity index (χ1) is 13.6.